The highest BCUT2D eigenvalue weighted by atomic mass is 32.1. The van der Waals surface area contributed by atoms with Crippen LogP contribution in [-0.2, 0) is 0 Å². The van der Waals surface area contributed by atoms with E-state index >= 15 is 0 Å². The minimum absolute atomic E-state index is 0.0624. The van der Waals surface area contributed by atoms with Crippen LogP contribution in [0.5, 0.6) is 0 Å². The first kappa shape index (κ1) is 23.7. The number of likely N-dealkylation sites (tertiary alicyclic amines) is 2. The molecule has 3 aromatic rings. The Kier molecular flexibility index (Phi) is 6.46. The van der Waals surface area contributed by atoms with Crippen LogP contribution in [0.15, 0.2) is 24.8 Å². The number of benzene rings is 1. The predicted octanol–water partition coefficient (Wildman–Crippen LogP) is 4.55. The molecular weight excluding hydrogens is 460 g/mol. The Hall–Kier alpha value is -3.04. The number of thiazole rings is 1. The molecule has 4 heterocycles. The molecule has 8 nitrogen and oxygen atoms in total. The van der Waals surface area contributed by atoms with Crippen LogP contribution in [0.4, 0.5) is 5.13 Å². The van der Waals surface area contributed by atoms with Gasteiger partial charge in [0.05, 0.1) is 0 Å². The minimum Gasteiger partial charge on any atom is -0.333 e. The fraction of sp³-hybridized carbons (Fsp3) is 0.462. The highest BCUT2D eigenvalue weighted by Gasteiger charge is 2.34. The summed E-state index contributed by atoms with van der Waals surface area (Å²) >= 11 is 1.29. The molecule has 0 bridgehead atoms. The lowest BCUT2D eigenvalue weighted by molar-refractivity contribution is 0.0704. The van der Waals surface area contributed by atoms with Crippen LogP contribution in [0.3, 0.4) is 0 Å². The number of rotatable bonds is 6. The molecule has 184 valence electrons. The molecule has 0 unspecified atom stereocenters. The van der Waals surface area contributed by atoms with Crippen molar-refractivity contribution >= 4 is 44.3 Å². The zero-order valence-electron chi connectivity index (χ0n) is 20.6. The van der Waals surface area contributed by atoms with Gasteiger partial charge in [-0.15, -0.1) is 0 Å². The van der Waals surface area contributed by atoms with E-state index in [-0.39, 0.29) is 17.9 Å². The lowest BCUT2D eigenvalue weighted by atomic mass is 10.1. The number of nitrogens with zero attached hydrogens (tertiary/aromatic N) is 5. The maximum Gasteiger partial charge on any atom is 0.276 e. The number of fused-ring (bicyclic) bond motifs is 1. The molecule has 2 saturated heterocycles. The second-order valence-electron chi connectivity index (χ2n) is 9.74. The summed E-state index contributed by atoms with van der Waals surface area (Å²) in [5.41, 5.74) is 4.23. The van der Waals surface area contributed by atoms with Gasteiger partial charge in [-0.05, 0) is 71.2 Å². The van der Waals surface area contributed by atoms with Gasteiger partial charge in [-0.1, -0.05) is 35.6 Å². The smallest absolute Gasteiger partial charge is 0.276 e. The monoisotopic (exact) mass is 492 g/mol. The molecule has 0 spiro atoms. The van der Waals surface area contributed by atoms with Crippen molar-refractivity contribution in [3.8, 4) is 0 Å². The lowest BCUT2D eigenvalue weighted by Gasteiger charge is -2.28. The zero-order chi connectivity index (χ0) is 24.7. The van der Waals surface area contributed by atoms with Gasteiger partial charge in [0.25, 0.3) is 11.8 Å². The Morgan fingerprint density at radius 3 is 2.66 bits per heavy atom. The summed E-state index contributed by atoms with van der Waals surface area (Å²) in [6, 6.07) is 5.94. The Morgan fingerprint density at radius 2 is 1.94 bits per heavy atom. The first-order valence-electron chi connectivity index (χ1n) is 12.3. The van der Waals surface area contributed by atoms with Crippen LogP contribution >= 0.6 is 11.3 Å². The number of carbonyl (C=O) groups is 2. The van der Waals surface area contributed by atoms with E-state index in [2.05, 4.69) is 26.9 Å². The van der Waals surface area contributed by atoms with Crippen molar-refractivity contribution in [1.29, 1.82) is 0 Å². The van der Waals surface area contributed by atoms with Gasteiger partial charge in [0, 0.05) is 30.4 Å². The van der Waals surface area contributed by atoms with E-state index in [1.54, 1.807) is 4.68 Å². The number of nitrogens with one attached hydrogen (secondary N) is 1. The molecule has 0 aliphatic carbocycles. The van der Waals surface area contributed by atoms with E-state index in [0.717, 1.165) is 50.1 Å². The van der Waals surface area contributed by atoms with E-state index in [0.29, 0.717) is 32.4 Å². The van der Waals surface area contributed by atoms with Crippen LogP contribution in [0.25, 0.3) is 16.0 Å². The summed E-state index contributed by atoms with van der Waals surface area (Å²) in [5.74, 6) is -0.278. The molecule has 9 heteroatoms. The molecular formula is C26H32N6O2S. The number of carbonyl (C=O) groups excluding carboxylic acids is 2. The van der Waals surface area contributed by atoms with E-state index in [4.69, 9.17) is 0 Å². The molecule has 5 rings (SSSR count). The Labute approximate surface area is 209 Å². The fourth-order valence-electron chi connectivity index (χ4n) is 5.19. The van der Waals surface area contributed by atoms with Crippen LogP contribution < -0.4 is 5.32 Å². The van der Waals surface area contributed by atoms with Crippen molar-refractivity contribution < 1.29 is 9.59 Å². The third-order valence-corrected chi connectivity index (χ3v) is 7.91. The number of aromatic nitrogens is 3. The molecule has 1 atom stereocenters. The standard InChI is InChI=1S/C26H32N6O2S/c1-16(2)32-23-22(35-26(27-23)28-24(33)20-10-9-17(3)14-18(20)4)21(29-32)25(34)31-13-7-8-19(31)15-30-11-5-6-12-30/h9-10,14,19H,1,5-8,11-13,15H2,2-4H3,(H,27,28,33)/t19-/m0/s1. The number of hydrogen-bond donors (Lipinski definition) is 1. The van der Waals surface area contributed by atoms with Gasteiger partial charge in [-0.25, -0.2) is 4.68 Å². The molecule has 35 heavy (non-hydrogen) atoms. The third kappa shape index (κ3) is 4.62. The van der Waals surface area contributed by atoms with Gasteiger partial charge < -0.3 is 9.80 Å². The number of amides is 2. The van der Waals surface area contributed by atoms with E-state index in [1.807, 2.05) is 43.9 Å². The second-order valence-corrected chi connectivity index (χ2v) is 10.7. The highest BCUT2D eigenvalue weighted by Crippen LogP contribution is 2.33. The summed E-state index contributed by atoms with van der Waals surface area (Å²) in [5, 5.41) is 7.97. The maximum absolute atomic E-state index is 13.7. The van der Waals surface area contributed by atoms with Gasteiger partial charge in [0.2, 0.25) is 0 Å². The second kappa shape index (κ2) is 9.54. The Morgan fingerprint density at radius 1 is 1.17 bits per heavy atom. The fourth-order valence-corrected chi connectivity index (χ4v) is 6.10. The van der Waals surface area contributed by atoms with Crippen molar-refractivity contribution in [1.82, 2.24) is 24.6 Å². The van der Waals surface area contributed by atoms with E-state index < -0.39 is 0 Å². The van der Waals surface area contributed by atoms with E-state index in [9.17, 15) is 9.59 Å². The third-order valence-electron chi connectivity index (χ3n) is 6.94. The molecule has 2 aliphatic heterocycles. The highest BCUT2D eigenvalue weighted by molar-refractivity contribution is 7.22. The minimum atomic E-state index is -0.216. The number of anilines is 1. The molecule has 2 aliphatic rings. The Bertz CT molecular complexity index is 1300. The topological polar surface area (TPSA) is 83.4 Å². The van der Waals surface area contributed by atoms with Gasteiger partial charge in [0.1, 0.15) is 4.70 Å². The average Bonchev–Trinajstić information content (AvgIpc) is 3.58. The van der Waals surface area contributed by atoms with Crippen LogP contribution in [-0.4, -0.2) is 68.6 Å². The van der Waals surface area contributed by atoms with Gasteiger partial charge in [-0.3, -0.25) is 14.9 Å². The summed E-state index contributed by atoms with van der Waals surface area (Å²) < 4.78 is 2.29. The van der Waals surface area contributed by atoms with Crippen LogP contribution in [0.1, 0.15) is 64.6 Å². The molecule has 2 fully saturated rings. The molecule has 0 radical (unpaired) electrons. The predicted molar refractivity (Wildman–Crippen MR) is 140 cm³/mol. The SMILES string of the molecule is C=C(C)n1nc(C(=O)N2CCC[C@H]2CN2CCCC2)c2sc(NC(=O)c3ccc(C)cc3C)nc21. The maximum atomic E-state index is 13.7. The molecule has 1 N–H and O–H groups in total. The summed E-state index contributed by atoms with van der Waals surface area (Å²) in [7, 11) is 0. The van der Waals surface area contributed by atoms with Gasteiger partial charge in [0.15, 0.2) is 16.5 Å². The normalized spacial score (nSPS) is 18.5. The average molecular weight is 493 g/mol. The van der Waals surface area contributed by atoms with Crippen molar-refractivity contribution in [3.05, 3.63) is 47.2 Å². The number of allylic oxidation sites excluding steroid dienone is 1. The quantitative estimate of drug-likeness (QED) is 0.546. The van der Waals surface area contributed by atoms with Crippen LogP contribution in [0, 0.1) is 13.8 Å². The van der Waals surface area contributed by atoms with E-state index in [1.165, 1.54) is 24.2 Å². The van der Waals surface area contributed by atoms with Crippen molar-refractivity contribution in [2.75, 3.05) is 31.5 Å². The van der Waals surface area contributed by atoms with Crippen molar-refractivity contribution in [2.45, 2.75) is 52.5 Å². The molecule has 2 aromatic heterocycles. The van der Waals surface area contributed by atoms with Gasteiger partial charge in [-0.2, -0.15) is 10.1 Å². The lowest BCUT2D eigenvalue weighted by Crippen LogP contribution is -2.42. The first-order valence-corrected chi connectivity index (χ1v) is 13.1. The van der Waals surface area contributed by atoms with Gasteiger partial charge >= 0.3 is 0 Å². The summed E-state index contributed by atoms with van der Waals surface area (Å²) in [6.07, 6.45) is 4.50. The first-order chi connectivity index (χ1) is 16.8. The number of hydrogen-bond acceptors (Lipinski definition) is 6. The Balaban J connectivity index is 1.43. The summed E-state index contributed by atoms with van der Waals surface area (Å²) in [6.45, 7) is 13.7. The zero-order valence-corrected chi connectivity index (χ0v) is 21.5. The van der Waals surface area contributed by atoms with Crippen LogP contribution in [0.2, 0.25) is 0 Å². The molecule has 0 saturated carbocycles. The largest absolute Gasteiger partial charge is 0.333 e. The summed E-state index contributed by atoms with van der Waals surface area (Å²) in [4.78, 5) is 35.7. The number of aryl methyl sites for hydroxylation is 2. The molecule has 2 amide bonds. The molecule has 1 aromatic carbocycles. The van der Waals surface area contributed by atoms with Crippen molar-refractivity contribution in [2.24, 2.45) is 0 Å². The van der Waals surface area contributed by atoms with Crippen molar-refractivity contribution in [3.63, 3.8) is 0 Å².